The zero-order valence-electron chi connectivity index (χ0n) is 9.45. The number of furan rings is 1. The fourth-order valence-corrected chi connectivity index (χ4v) is 2.06. The second-order valence-corrected chi connectivity index (χ2v) is 4.81. The third-order valence-electron chi connectivity index (χ3n) is 2.87. The zero-order chi connectivity index (χ0) is 10.7. The van der Waals surface area contributed by atoms with Crippen molar-refractivity contribution in [2.24, 2.45) is 0 Å². The quantitative estimate of drug-likeness (QED) is 0.829. The fraction of sp³-hybridized carbons (Fsp3) is 0.667. The molecular weight excluding hydrogens is 190 g/mol. The van der Waals surface area contributed by atoms with E-state index in [0.717, 1.165) is 26.0 Å². The molecule has 84 valence electrons. The molecule has 15 heavy (non-hydrogen) atoms. The summed E-state index contributed by atoms with van der Waals surface area (Å²) < 4.78 is 10.7. The van der Waals surface area contributed by atoms with Gasteiger partial charge in [0.05, 0.1) is 18.1 Å². The van der Waals surface area contributed by atoms with Gasteiger partial charge in [-0.2, -0.15) is 0 Å². The van der Waals surface area contributed by atoms with Gasteiger partial charge < -0.3 is 14.5 Å². The highest BCUT2D eigenvalue weighted by Gasteiger charge is 2.28. The Bertz CT molecular complexity index is 293. The van der Waals surface area contributed by atoms with Gasteiger partial charge in [0, 0.05) is 24.8 Å². The predicted molar refractivity (Wildman–Crippen MR) is 58.6 cm³/mol. The zero-order valence-corrected chi connectivity index (χ0v) is 9.45. The van der Waals surface area contributed by atoms with Gasteiger partial charge in [0.25, 0.3) is 0 Å². The van der Waals surface area contributed by atoms with Crippen LogP contribution in [0.25, 0.3) is 0 Å². The van der Waals surface area contributed by atoms with Crippen molar-refractivity contribution in [3.63, 3.8) is 0 Å². The van der Waals surface area contributed by atoms with Crippen LogP contribution in [-0.2, 0) is 11.3 Å². The van der Waals surface area contributed by atoms with E-state index in [9.17, 15) is 0 Å². The lowest BCUT2D eigenvalue weighted by atomic mass is 9.94. The minimum atomic E-state index is 0.0202. The highest BCUT2D eigenvalue weighted by Crippen LogP contribution is 2.24. The maximum atomic E-state index is 5.67. The van der Waals surface area contributed by atoms with Gasteiger partial charge in [-0.25, -0.2) is 0 Å². The predicted octanol–water partition coefficient (Wildman–Crippen LogP) is 2.33. The Morgan fingerprint density at radius 1 is 1.53 bits per heavy atom. The van der Waals surface area contributed by atoms with E-state index in [1.807, 2.05) is 6.07 Å². The monoisotopic (exact) mass is 209 g/mol. The number of hydrogen-bond donors (Lipinski definition) is 1. The fourth-order valence-electron chi connectivity index (χ4n) is 2.06. The first-order valence-corrected chi connectivity index (χ1v) is 5.54. The molecule has 3 heteroatoms. The Kier molecular flexibility index (Phi) is 3.12. The average Bonchev–Trinajstić information content (AvgIpc) is 2.65. The molecular formula is C12H19NO2. The van der Waals surface area contributed by atoms with Crippen LogP contribution in [0.3, 0.4) is 0 Å². The van der Waals surface area contributed by atoms with E-state index in [1.54, 1.807) is 12.5 Å². The van der Waals surface area contributed by atoms with Gasteiger partial charge >= 0.3 is 0 Å². The summed E-state index contributed by atoms with van der Waals surface area (Å²) in [5, 5.41) is 3.54. The molecule has 1 aromatic heterocycles. The SMILES string of the molecule is CC1(C)C[C@H](NCc2ccoc2)CCO1. The van der Waals surface area contributed by atoms with E-state index in [4.69, 9.17) is 9.15 Å². The van der Waals surface area contributed by atoms with Crippen LogP contribution in [0.1, 0.15) is 32.3 Å². The highest BCUT2D eigenvalue weighted by atomic mass is 16.5. The Labute approximate surface area is 90.8 Å². The summed E-state index contributed by atoms with van der Waals surface area (Å²) in [5.41, 5.74) is 1.23. The number of nitrogens with one attached hydrogen (secondary N) is 1. The third-order valence-corrected chi connectivity index (χ3v) is 2.87. The molecule has 1 saturated heterocycles. The summed E-state index contributed by atoms with van der Waals surface area (Å²) in [6.45, 7) is 6.05. The maximum Gasteiger partial charge on any atom is 0.0947 e. The van der Waals surface area contributed by atoms with Gasteiger partial charge in [-0.1, -0.05) is 0 Å². The summed E-state index contributed by atoms with van der Waals surface area (Å²) in [4.78, 5) is 0. The largest absolute Gasteiger partial charge is 0.472 e. The van der Waals surface area contributed by atoms with E-state index in [-0.39, 0.29) is 5.60 Å². The lowest BCUT2D eigenvalue weighted by Gasteiger charge is -2.35. The van der Waals surface area contributed by atoms with Crippen molar-refractivity contribution >= 4 is 0 Å². The summed E-state index contributed by atoms with van der Waals surface area (Å²) in [6, 6.07) is 2.56. The van der Waals surface area contributed by atoms with Crippen LogP contribution in [-0.4, -0.2) is 18.2 Å². The summed E-state index contributed by atoms with van der Waals surface area (Å²) in [6.07, 6.45) is 5.68. The van der Waals surface area contributed by atoms with Gasteiger partial charge in [-0.05, 0) is 32.8 Å². The summed E-state index contributed by atoms with van der Waals surface area (Å²) >= 11 is 0. The van der Waals surface area contributed by atoms with Crippen molar-refractivity contribution in [2.45, 2.75) is 44.9 Å². The molecule has 0 unspecified atom stereocenters. The highest BCUT2D eigenvalue weighted by molar-refractivity contribution is 5.04. The molecule has 0 saturated carbocycles. The van der Waals surface area contributed by atoms with Gasteiger partial charge in [-0.15, -0.1) is 0 Å². The second-order valence-electron chi connectivity index (χ2n) is 4.81. The molecule has 2 heterocycles. The minimum Gasteiger partial charge on any atom is -0.472 e. The van der Waals surface area contributed by atoms with Crippen molar-refractivity contribution < 1.29 is 9.15 Å². The van der Waals surface area contributed by atoms with Gasteiger partial charge in [0.2, 0.25) is 0 Å². The maximum absolute atomic E-state index is 5.67. The second kappa shape index (κ2) is 4.37. The van der Waals surface area contributed by atoms with Crippen LogP contribution < -0.4 is 5.32 Å². The molecule has 0 aromatic carbocycles. The van der Waals surface area contributed by atoms with Gasteiger partial charge in [-0.3, -0.25) is 0 Å². The Morgan fingerprint density at radius 2 is 2.40 bits per heavy atom. The molecule has 1 N–H and O–H groups in total. The van der Waals surface area contributed by atoms with Gasteiger partial charge in [0.1, 0.15) is 0 Å². The van der Waals surface area contributed by atoms with Crippen molar-refractivity contribution in [1.82, 2.24) is 5.32 Å². The van der Waals surface area contributed by atoms with Crippen molar-refractivity contribution in [3.8, 4) is 0 Å². The standard InChI is InChI=1S/C12H19NO2/c1-12(2)7-11(4-6-15-12)13-8-10-3-5-14-9-10/h3,5,9,11,13H,4,6-8H2,1-2H3/t11-/m1/s1. The van der Waals surface area contributed by atoms with E-state index in [2.05, 4.69) is 19.2 Å². The molecule has 1 aromatic rings. The van der Waals surface area contributed by atoms with Gasteiger partial charge in [0.15, 0.2) is 0 Å². The lowest BCUT2D eigenvalue weighted by molar-refractivity contribution is -0.0630. The summed E-state index contributed by atoms with van der Waals surface area (Å²) in [7, 11) is 0. The summed E-state index contributed by atoms with van der Waals surface area (Å²) in [5.74, 6) is 0. The van der Waals surface area contributed by atoms with Crippen molar-refractivity contribution in [1.29, 1.82) is 0 Å². The van der Waals surface area contributed by atoms with Crippen LogP contribution in [0, 0.1) is 0 Å². The number of hydrogen-bond acceptors (Lipinski definition) is 3. The molecule has 2 rings (SSSR count). The molecule has 1 atom stereocenters. The third kappa shape index (κ3) is 3.08. The van der Waals surface area contributed by atoms with E-state index in [1.165, 1.54) is 5.56 Å². The molecule has 0 amide bonds. The molecule has 0 aliphatic carbocycles. The number of rotatable bonds is 3. The van der Waals surface area contributed by atoms with Crippen LogP contribution in [0.5, 0.6) is 0 Å². The van der Waals surface area contributed by atoms with Crippen LogP contribution >= 0.6 is 0 Å². The average molecular weight is 209 g/mol. The van der Waals surface area contributed by atoms with Crippen molar-refractivity contribution in [2.75, 3.05) is 6.61 Å². The topological polar surface area (TPSA) is 34.4 Å². The minimum absolute atomic E-state index is 0.0202. The smallest absolute Gasteiger partial charge is 0.0947 e. The lowest BCUT2D eigenvalue weighted by Crippen LogP contribution is -2.43. The van der Waals surface area contributed by atoms with E-state index < -0.39 is 0 Å². The van der Waals surface area contributed by atoms with Crippen LogP contribution in [0.2, 0.25) is 0 Å². The molecule has 0 bridgehead atoms. The van der Waals surface area contributed by atoms with E-state index >= 15 is 0 Å². The molecule has 3 nitrogen and oxygen atoms in total. The normalized spacial score (nSPS) is 25.3. The van der Waals surface area contributed by atoms with Crippen molar-refractivity contribution in [3.05, 3.63) is 24.2 Å². The van der Waals surface area contributed by atoms with E-state index in [0.29, 0.717) is 6.04 Å². The van der Waals surface area contributed by atoms with Crippen LogP contribution in [0.15, 0.2) is 23.0 Å². The first kappa shape index (κ1) is 10.7. The van der Waals surface area contributed by atoms with Crippen LogP contribution in [0.4, 0.5) is 0 Å². The molecule has 1 aliphatic heterocycles. The first-order valence-electron chi connectivity index (χ1n) is 5.54. The Morgan fingerprint density at radius 3 is 3.07 bits per heavy atom. The Hall–Kier alpha value is -0.800. The molecule has 0 spiro atoms. The Balaban J connectivity index is 1.80. The molecule has 1 aliphatic rings. The molecule has 0 radical (unpaired) electrons. The first-order chi connectivity index (χ1) is 7.16. The number of ether oxygens (including phenoxy) is 1. The molecule has 1 fully saturated rings.